The van der Waals surface area contributed by atoms with Gasteiger partial charge in [0, 0.05) is 0 Å². The quantitative estimate of drug-likeness (QED) is 0.514. The summed E-state index contributed by atoms with van der Waals surface area (Å²) in [5.74, 6) is -1.04. The summed E-state index contributed by atoms with van der Waals surface area (Å²) in [6.45, 7) is 6.62. The molecule has 16 heavy (non-hydrogen) atoms. The predicted molar refractivity (Wildman–Crippen MR) is 56.5 cm³/mol. The topological polar surface area (TPSA) is 77.3 Å². The minimum Gasteiger partial charge on any atom is -0.440 e. The largest absolute Gasteiger partial charge is 0.440 e. The van der Waals surface area contributed by atoms with Crippen LogP contribution in [0.3, 0.4) is 0 Å². The van der Waals surface area contributed by atoms with Crippen LogP contribution in [0.4, 0.5) is 0 Å². The van der Waals surface area contributed by atoms with Crippen molar-refractivity contribution in [3.63, 3.8) is 0 Å². The van der Waals surface area contributed by atoms with Gasteiger partial charge in [-0.3, -0.25) is 9.59 Å². The molecule has 0 atom stereocenters. The predicted octanol–water partition coefficient (Wildman–Crippen LogP) is 1.75. The molecule has 6 heteroatoms. The van der Waals surface area contributed by atoms with Crippen molar-refractivity contribution in [3.05, 3.63) is 0 Å². The number of esters is 2. The van der Waals surface area contributed by atoms with E-state index in [2.05, 4.69) is 10.2 Å². The molecule has 0 aliphatic carbocycles. The Morgan fingerprint density at radius 2 is 1.19 bits per heavy atom. The molecule has 0 aliphatic rings. The third-order valence-corrected chi connectivity index (χ3v) is 1.57. The number of hydrogen-bond acceptors (Lipinski definition) is 6. The van der Waals surface area contributed by atoms with E-state index in [9.17, 15) is 9.59 Å². The number of ether oxygens (including phenoxy) is 2. The fraction of sp³-hybridized carbons (Fsp3) is 0.800. The van der Waals surface area contributed by atoms with E-state index in [1.54, 1.807) is 27.7 Å². The third-order valence-electron chi connectivity index (χ3n) is 1.57. The number of carbonyl (C=O) groups excluding carboxylic acids is 2. The lowest BCUT2D eigenvalue weighted by Gasteiger charge is -2.04. The van der Waals surface area contributed by atoms with Crippen LogP contribution in [-0.4, -0.2) is 25.4 Å². The molecule has 0 radical (unpaired) electrons. The molecule has 6 nitrogen and oxygen atoms in total. The SMILES string of the molecule is CC(C)C(=O)OCN=NCOC(=O)C(C)C. The van der Waals surface area contributed by atoms with Crippen LogP contribution in [0.1, 0.15) is 27.7 Å². The van der Waals surface area contributed by atoms with Gasteiger partial charge >= 0.3 is 11.9 Å². The van der Waals surface area contributed by atoms with Gasteiger partial charge in [0.15, 0.2) is 0 Å². The zero-order valence-electron chi connectivity index (χ0n) is 10.1. The van der Waals surface area contributed by atoms with Crippen molar-refractivity contribution in [1.82, 2.24) is 0 Å². The molecule has 0 unspecified atom stereocenters. The molecule has 0 aromatic carbocycles. The van der Waals surface area contributed by atoms with Gasteiger partial charge in [-0.25, -0.2) is 0 Å². The summed E-state index contributed by atoms with van der Waals surface area (Å²) in [6.07, 6.45) is 0. The number of carbonyl (C=O) groups is 2. The van der Waals surface area contributed by atoms with Gasteiger partial charge in [-0.2, -0.15) is 0 Å². The summed E-state index contributed by atoms with van der Waals surface area (Å²) in [4.78, 5) is 21.9. The minimum absolute atomic E-state index is 0.143. The smallest absolute Gasteiger partial charge is 0.310 e. The van der Waals surface area contributed by atoms with Crippen molar-refractivity contribution in [2.75, 3.05) is 13.5 Å². The third kappa shape index (κ3) is 6.92. The van der Waals surface area contributed by atoms with Gasteiger partial charge in [0.2, 0.25) is 13.5 Å². The van der Waals surface area contributed by atoms with Gasteiger partial charge in [-0.15, -0.1) is 10.2 Å². The van der Waals surface area contributed by atoms with Crippen LogP contribution < -0.4 is 0 Å². The Hall–Kier alpha value is -1.46. The summed E-state index contributed by atoms with van der Waals surface area (Å²) >= 11 is 0. The van der Waals surface area contributed by atoms with Crippen LogP contribution in [0.25, 0.3) is 0 Å². The zero-order valence-corrected chi connectivity index (χ0v) is 10.1. The van der Waals surface area contributed by atoms with Crippen LogP contribution in [0.15, 0.2) is 10.2 Å². The first-order chi connectivity index (χ1) is 7.45. The molecule has 0 fully saturated rings. The van der Waals surface area contributed by atoms with Gasteiger partial charge in [-0.05, 0) is 0 Å². The van der Waals surface area contributed by atoms with E-state index in [1.807, 2.05) is 0 Å². The molecule has 0 spiro atoms. The molecule has 92 valence electrons. The molecule has 0 rings (SSSR count). The van der Waals surface area contributed by atoms with E-state index in [0.29, 0.717) is 0 Å². The second-order valence-electron chi connectivity index (χ2n) is 3.78. The lowest BCUT2D eigenvalue weighted by atomic mass is 10.2. The fourth-order valence-electron chi connectivity index (χ4n) is 0.600. The van der Waals surface area contributed by atoms with E-state index in [-0.39, 0.29) is 37.2 Å². The lowest BCUT2D eigenvalue weighted by molar-refractivity contribution is -0.149. The number of hydrogen-bond donors (Lipinski definition) is 0. The maximum Gasteiger partial charge on any atom is 0.310 e. The monoisotopic (exact) mass is 230 g/mol. The fourth-order valence-corrected chi connectivity index (χ4v) is 0.600. The molecule has 0 aromatic rings. The maximum atomic E-state index is 11.0. The molecule has 0 amide bonds. The summed E-state index contributed by atoms with van der Waals surface area (Å²) in [7, 11) is 0. The summed E-state index contributed by atoms with van der Waals surface area (Å²) < 4.78 is 9.44. The molecule has 0 bridgehead atoms. The molecule has 0 N–H and O–H groups in total. The highest BCUT2D eigenvalue weighted by molar-refractivity contribution is 5.71. The first-order valence-electron chi connectivity index (χ1n) is 5.11. The molecule has 0 aromatic heterocycles. The minimum atomic E-state index is -0.335. The summed E-state index contributed by atoms with van der Waals surface area (Å²) in [5, 5.41) is 7.06. The Morgan fingerprint density at radius 3 is 1.44 bits per heavy atom. The molecular weight excluding hydrogens is 212 g/mol. The highest BCUT2D eigenvalue weighted by atomic mass is 16.6. The number of rotatable bonds is 6. The van der Waals surface area contributed by atoms with Crippen LogP contribution in [0.2, 0.25) is 0 Å². The van der Waals surface area contributed by atoms with E-state index in [4.69, 9.17) is 9.47 Å². The van der Waals surface area contributed by atoms with Crippen molar-refractivity contribution in [2.24, 2.45) is 22.1 Å². The first-order valence-corrected chi connectivity index (χ1v) is 5.11. The summed E-state index contributed by atoms with van der Waals surface area (Å²) in [5.41, 5.74) is 0. The molecule has 0 aliphatic heterocycles. The Balaban J connectivity index is 3.56. The Labute approximate surface area is 95.0 Å². The molecular formula is C10H18N2O4. The van der Waals surface area contributed by atoms with Crippen molar-refractivity contribution in [3.8, 4) is 0 Å². The Bertz CT molecular complexity index is 236. The van der Waals surface area contributed by atoms with E-state index >= 15 is 0 Å². The van der Waals surface area contributed by atoms with E-state index < -0.39 is 0 Å². The standard InChI is InChI=1S/C10H18N2O4/c1-7(2)9(13)15-5-11-12-6-16-10(14)8(3)4/h7-8H,5-6H2,1-4H3. The Morgan fingerprint density at radius 1 is 0.875 bits per heavy atom. The molecule has 0 heterocycles. The summed E-state index contributed by atoms with van der Waals surface area (Å²) in [6, 6.07) is 0. The van der Waals surface area contributed by atoms with Gasteiger partial charge in [0.05, 0.1) is 11.8 Å². The highest BCUT2D eigenvalue weighted by Gasteiger charge is 2.07. The lowest BCUT2D eigenvalue weighted by Crippen LogP contribution is -2.12. The van der Waals surface area contributed by atoms with Crippen molar-refractivity contribution >= 4 is 11.9 Å². The van der Waals surface area contributed by atoms with E-state index in [1.165, 1.54) is 0 Å². The van der Waals surface area contributed by atoms with Crippen LogP contribution >= 0.6 is 0 Å². The Kier molecular flexibility index (Phi) is 7.07. The molecule has 0 saturated heterocycles. The maximum absolute atomic E-state index is 11.0. The average molecular weight is 230 g/mol. The number of nitrogens with zero attached hydrogens (tertiary/aromatic N) is 2. The van der Waals surface area contributed by atoms with E-state index in [0.717, 1.165) is 0 Å². The van der Waals surface area contributed by atoms with Crippen molar-refractivity contribution in [2.45, 2.75) is 27.7 Å². The van der Waals surface area contributed by atoms with Crippen LogP contribution in [0.5, 0.6) is 0 Å². The second-order valence-corrected chi connectivity index (χ2v) is 3.78. The van der Waals surface area contributed by atoms with Gasteiger partial charge in [0.25, 0.3) is 0 Å². The number of azo groups is 1. The first kappa shape index (κ1) is 14.5. The average Bonchev–Trinajstić information content (AvgIpc) is 2.21. The normalized spacial score (nSPS) is 11.1. The van der Waals surface area contributed by atoms with Crippen LogP contribution in [-0.2, 0) is 19.1 Å². The van der Waals surface area contributed by atoms with Gasteiger partial charge in [-0.1, -0.05) is 27.7 Å². The highest BCUT2D eigenvalue weighted by Crippen LogP contribution is 1.97. The van der Waals surface area contributed by atoms with Gasteiger partial charge in [0.1, 0.15) is 0 Å². The molecule has 0 saturated carbocycles. The van der Waals surface area contributed by atoms with Gasteiger partial charge < -0.3 is 9.47 Å². The van der Waals surface area contributed by atoms with Crippen LogP contribution in [0, 0.1) is 11.8 Å². The van der Waals surface area contributed by atoms with Crippen molar-refractivity contribution < 1.29 is 19.1 Å². The van der Waals surface area contributed by atoms with Crippen molar-refractivity contribution in [1.29, 1.82) is 0 Å². The zero-order chi connectivity index (χ0) is 12.6. The second kappa shape index (κ2) is 7.78.